The lowest BCUT2D eigenvalue weighted by atomic mass is 10.1. The minimum Gasteiger partial charge on any atom is -0.355 e. The van der Waals surface area contributed by atoms with E-state index in [0.29, 0.717) is 18.7 Å². The minimum absolute atomic E-state index is 0.128. The van der Waals surface area contributed by atoms with Gasteiger partial charge in [-0.3, -0.25) is 0 Å². The number of piperidine rings is 1. The van der Waals surface area contributed by atoms with Crippen LogP contribution in [0.15, 0.2) is 12.4 Å². The Hall–Kier alpha value is -1.85. The molecule has 0 radical (unpaired) electrons. The van der Waals surface area contributed by atoms with Crippen LogP contribution in [-0.4, -0.2) is 34.0 Å². The summed E-state index contributed by atoms with van der Waals surface area (Å²) in [5.74, 6) is -1.83. The van der Waals surface area contributed by atoms with Gasteiger partial charge in [0.2, 0.25) is 0 Å². The van der Waals surface area contributed by atoms with E-state index < -0.39 is 5.92 Å². The molecular weight excluding hydrogens is 262 g/mol. The van der Waals surface area contributed by atoms with Crippen LogP contribution in [0.25, 0.3) is 11.0 Å². The number of aryl methyl sites for hydroxylation is 2. The Kier molecular flexibility index (Phi) is 3.03. The smallest absolute Gasteiger partial charge is 0.251 e. The predicted molar refractivity (Wildman–Crippen MR) is 73.2 cm³/mol. The number of hydrogen-bond acceptors (Lipinski definition) is 4. The molecule has 0 atom stereocenters. The van der Waals surface area contributed by atoms with Crippen LogP contribution < -0.4 is 4.90 Å². The molecule has 0 bridgehead atoms. The van der Waals surface area contributed by atoms with Gasteiger partial charge in [-0.05, 0) is 25.5 Å². The Morgan fingerprint density at radius 2 is 1.85 bits per heavy atom. The van der Waals surface area contributed by atoms with Gasteiger partial charge in [0.05, 0.1) is 5.39 Å². The van der Waals surface area contributed by atoms with Crippen LogP contribution in [0.1, 0.15) is 24.1 Å². The molecule has 20 heavy (non-hydrogen) atoms. The molecule has 4 nitrogen and oxygen atoms in total. The Balaban J connectivity index is 2.04. The molecule has 6 heteroatoms. The monoisotopic (exact) mass is 278 g/mol. The highest BCUT2D eigenvalue weighted by Gasteiger charge is 2.35. The SMILES string of the molecule is Cc1cc(C)c2c(N3CCC(F)(F)CC3)ncnc2n1. The molecule has 106 valence electrons. The normalized spacial score (nSPS) is 18.5. The molecule has 2 aromatic rings. The van der Waals surface area contributed by atoms with Crippen molar-refractivity contribution in [2.45, 2.75) is 32.6 Å². The maximum atomic E-state index is 13.3. The number of hydrogen-bond donors (Lipinski definition) is 0. The van der Waals surface area contributed by atoms with Crippen LogP contribution >= 0.6 is 0 Å². The average Bonchev–Trinajstić information content (AvgIpc) is 2.37. The number of fused-ring (bicyclic) bond motifs is 1. The van der Waals surface area contributed by atoms with Crippen molar-refractivity contribution in [1.29, 1.82) is 0 Å². The lowest BCUT2D eigenvalue weighted by molar-refractivity contribution is -0.0221. The number of nitrogens with zero attached hydrogens (tertiary/aromatic N) is 4. The number of rotatable bonds is 1. The molecule has 1 fully saturated rings. The van der Waals surface area contributed by atoms with Crippen LogP contribution in [0.5, 0.6) is 0 Å². The van der Waals surface area contributed by atoms with Crippen LogP contribution in [-0.2, 0) is 0 Å². The molecule has 0 spiro atoms. The van der Waals surface area contributed by atoms with E-state index in [4.69, 9.17) is 0 Å². The highest BCUT2D eigenvalue weighted by molar-refractivity contribution is 5.90. The highest BCUT2D eigenvalue weighted by atomic mass is 19.3. The number of alkyl halides is 2. The molecule has 3 heterocycles. The lowest BCUT2D eigenvalue weighted by Crippen LogP contribution is -2.39. The number of pyridine rings is 1. The largest absolute Gasteiger partial charge is 0.355 e. The number of anilines is 1. The standard InChI is InChI=1S/C14H16F2N4/c1-9-7-10(2)19-12-11(9)13(18-8-17-12)20-5-3-14(15,16)4-6-20/h7-8H,3-6H2,1-2H3. The first-order valence-corrected chi connectivity index (χ1v) is 6.68. The summed E-state index contributed by atoms with van der Waals surface area (Å²) >= 11 is 0. The van der Waals surface area contributed by atoms with E-state index >= 15 is 0 Å². The third-order valence-corrected chi connectivity index (χ3v) is 3.70. The van der Waals surface area contributed by atoms with Gasteiger partial charge in [0.25, 0.3) is 5.92 Å². The molecule has 3 rings (SSSR count). The lowest BCUT2D eigenvalue weighted by Gasteiger charge is -2.33. The second-order valence-electron chi connectivity index (χ2n) is 5.32. The van der Waals surface area contributed by atoms with Gasteiger partial charge < -0.3 is 4.90 Å². The molecular formula is C14H16F2N4. The zero-order valence-electron chi connectivity index (χ0n) is 11.5. The maximum absolute atomic E-state index is 13.3. The molecule has 0 saturated carbocycles. The summed E-state index contributed by atoms with van der Waals surface area (Å²) in [7, 11) is 0. The van der Waals surface area contributed by atoms with Crippen molar-refractivity contribution >= 4 is 16.9 Å². The first-order chi connectivity index (χ1) is 9.46. The summed E-state index contributed by atoms with van der Waals surface area (Å²) in [5.41, 5.74) is 2.55. The molecule has 0 aliphatic carbocycles. The van der Waals surface area contributed by atoms with Crippen molar-refractivity contribution < 1.29 is 8.78 Å². The Labute approximate surface area is 115 Å². The first kappa shape index (κ1) is 13.1. The van der Waals surface area contributed by atoms with Crippen molar-refractivity contribution in [1.82, 2.24) is 15.0 Å². The van der Waals surface area contributed by atoms with E-state index in [2.05, 4.69) is 15.0 Å². The van der Waals surface area contributed by atoms with E-state index in [1.807, 2.05) is 24.8 Å². The number of halogens is 2. The molecule has 1 aliphatic heterocycles. The van der Waals surface area contributed by atoms with E-state index in [1.165, 1.54) is 6.33 Å². The molecule has 1 aliphatic rings. The fourth-order valence-electron chi connectivity index (χ4n) is 2.68. The first-order valence-electron chi connectivity index (χ1n) is 6.68. The molecule has 1 saturated heterocycles. The number of aromatic nitrogens is 3. The van der Waals surface area contributed by atoms with E-state index in [1.54, 1.807) is 0 Å². The Morgan fingerprint density at radius 1 is 1.15 bits per heavy atom. The van der Waals surface area contributed by atoms with Crippen LogP contribution in [0, 0.1) is 13.8 Å². The van der Waals surface area contributed by atoms with Crippen LogP contribution in [0.3, 0.4) is 0 Å². The Morgan fingerprint density at radius 3 is 2.55 bits per heavy atom. The molecule has 0 unspecified atom stereocenters. The summed E-state index contributed by atoms with van der Waals surface area (Å²) in [6, 6.07) is 1.97. The predicted octanol–water partition coefficient (Wildman–Crippen LogP) is 2.88. The molecule has 2 aromatic heterocycles. The molecule has 0 N–H and O–H groups in total. The minimum atomic E-state index is -2.55. The zero-order valence-corrected chi connectivity index (χ0v) is 11.5. The maximum Gasteiger partial charge on any atom is 0.251 e. The van der Waals surface area contributed by atoms with Gasteiger partial charge in [-0.15, -0.1) is 0 Å². The topological polar surface area (TPSA) is 41.9 Å². The summed E-state index contributed by atoms with van der Waals surface area (Å²) < 4.78 is 26.5. The zero-order chi connectivity index (χ0) is 14.3. The van der Waals surface area contributed by atoms with Gasteiger partial charge in [0, 0.05) is 31.6 Å². The summed E-state index contributed by atoms with van der Waals surface area (Å²) in [5, 5.41) is 0.864. The van der Waals surface area contributed by atoms with Gasteiger partial charge >= 0.3 is 0 Å². The van der Waals surface area contributed by atoms with Crippen LogP contribution in [0.2, 0.25) is 0 Å². The highest BCUT2D eigenvalue weighted by Crippen LogP contribution is 2.32. The summed E-state index contributed by atoms with van der Waals surface area (Å²) in [4.78, 5) is 14.8. The average molecular weight is 278 g/mol. The van der Waals surface area contributed by atoms with Crippen LogP contribution in [0.4, 0.5) is 14.6 Å². The van der Waals surface area contributed by atoms with Gasteiger partial charge in [0.15, 0.2) is 5.65 Å². The third-order valence-electron chi connectivity index (χ3n) is 3.70. The van der Waals surface area contributed by atoms with Crippen molar-refractivity contribution in [3.63, 3.8) is 0 Å². The van der Waals surface area contributed by atoms with Gasteiger partial charge in [-0.1, -0.05) is 0 Å². The van der Waals surface area contributed by atoms with Crippen molar-refractivity contribution in [3.05, 3.63) is 23.7 Å². The molecule has 0 amide bonds. The van der Waals surface area contributed by atoms with Gasteiger partial charge in [-0.25, -0.2) is 23.7 Å². The molecule has 0 aromatic carbocycles. The third kappa shape index (κ3) is 2.30. The van der Waals surface area contributed by atoms with E-state index in [-0.39, 0.29) is 12.8 Å². The fourth-order valence-corrected chi connectivity index (χ4v) is 2.68. The second kappa shape index (κ2) is 4.61. The van der Waals surface area contributed by atoms with Crippen molar-refractivity contribution in [3.8, 4) is 0 Å². The Bertz CT molecular complexity index is 647. The van der Waals surface area contributed by atoms with Crippen molar-refractivity contribution in [2.24, 2.45) is 0 Å². The van der Waals surface area contributed by atoms with Gasteiger partial charge in [-0.2, -0.15) is 0 Å². The summed E-state index contributed by atoms with van der Waals surface area (Å²) in [6.07, 6.45) is 1.20. The van der Waals surface area contributed by atoms with E-state index in [0.717, 1.165) is 22.5 Å². The van der Waals surface area contributed by atoms with E-state index in [9.17, 15) is 8.78 Å². The summed E-state index contributed by atoms with van der Waals surface area (Å²) in [6.45, 7) is 4.51. The quantitative estimate of drug-likeness (QED) is 0.804. The van der Waals surface area contributed by atoms with Crippen molar-refractivity contribution in [2.75, 3.05) is 18.0 Å². The fraction of sp³-hybridized carbons (Fsp3) is 0.500. The second-order valence-corrected chi connectivity index (χ2v) is 5.32. The van der Waals surface area contributed by atoms with Gasteiger partial charge in [0.1, 0.15) is 12.1 Å².